The van der Waals surface area contributed by atoms with Gasteiger partial charge in [0.25, 0.3) is 0 Å². The van der Waals surface area contributed by atoms with Crippen molar-refractivity contribution in [1.82, 2.24) is 5.32 Å². The van der Waals surface area contributed by atoms with Crippen LogP contribution in [-0.4, -0.2) is 58.7 Å². The van der Waals surface area contributed by atoms with E-state index in [1.54, 1.807) is 27.9 Å². The lowest BCUT2D eigenvalue weighted by Gasteiger charge is -2.56. The number of aliphatic carboxylic acids is 2. The molecule has 7 heteroatoms. The van der Waals surface area contributed by atoms with Crippen molar-refractivity contribution < 1.29 is 29.1 Å². The van der Waals surface area contributed by atoms with E-state index in [-0.39, 0.29) is 16.4 Å². The fourth-order valence-electron chi connectivity index (χ4n) is 4.16. The summed E-state index contributed by atoms with van der Waals surface area (Å²) in [5, 5.41) is 24.5. The van der Waals surface area contributed by atoms with E-state index in [4.69, 9.17) is 0 Å². The highest BCUT2D eigenvalue weighted by Crippen LogP contribution is 2.35. The van der Waals surface area contributed by atoms with Gasteiger partial charge in [0.05, 0.1) is 20.1 Å². The highest BCUT2D eigenvalue weighted by Gasteiger charge is 2.59. The zero-order valence-corrected chi connectivity index (χ0v) is 20.9. The quantitative estimate of drug-likeness (QED) is 0.204. The maximum absolute atomic E-state index is 12.5. The van der Waals surface area contributed by atoms with Gasteiger partial charge < -0.3 is 24.8 Å². The molecular formula is C24H46N2O5. The van der Waals surface area contributed by atoms with Gasteiger partial charge in [-0.15, -0.1) is 0 Å². The number of carbonyl (C=O) groups is 3. The van der Waals surface area contributed by atoms with Crippen LogP contribution in [0.4, 0.5) is 0 Å². The van der Waals surface area contributed by atoms with Crippen LogP contribution in [-0.2, 0) is 14.4 Å². The third-order valence-corrected chi connectivity index (χ3v) is 7.48. The summed E-state index contributed by atoms with van der Waals surface area (Å²) in [5.74, 6) is -3.18. The second-order valence-electron chi connectivity index (χ2n) is 9.88. The molecule has 7 nitrogen and oxygen atoms in total. The van der Waals surface area contributed by atoms with Crippen molar-refractivity contribution in [2.75, 3.05) is 14.1 Å². The van der Waals surface area contributed by atoms with Crippen molar-refractivity contribution in [2.45, 2.75) is 122 Å². The minimum absolute atomic E-state index is 0.0756. The van der Waals surface area contributed by atoms with Crippen LogP contribution < -0.4 is 10.4 Å². The number of hydrogen-bond donors (Lipinski definition) is 2. The van der Waals surface area contributed by atoms with Gasteiger partial charge in [0.15, 0.2) is 0 Å². The molecule has 0 aromatic carbocycles. The standard InChI is InChI=1S/C24H46N2O5/c1-8-10-11-12-13-14-15-16-17-18-20(27)25-19(9-2)23(3,4)26(6,7)24(5,21(28)29)22(30)31/h19H,8-18H2,1-7H3,(H2-,25,27,28,29,30,31). The molecule has 2 unspecified atom stereocenters. The predicted octanol–water partition coefficient (Wildman–Crippen LogP) is 3.25. The lowest BCUT2D eigenvalue weighted by molar-refractivity contribution is -0.969. The lowest BCUT2D eigenvalue weighted by atomic mass is 9.82. The van der Waals surface area contributed by atoms with Crippen LogP contribution in [0.2, 0.25) is 0 Å². The van der Waals surface area contributed by atoms with Gasteiger partial charge in [-0.05, 0) is 26.7 Å². The normalized spacial score (nSPS) is 15.2. The molecule has 1 amide bonds. The number of hydrogen-bond acceptors (Lipinski definition) is 4. The van der Waals surface area contributed by atoms with Gasteiger partial charge >= 0.3 is 5.97 Å². The van der Waals surface area contributed by atoms with Crippen molar-refractivity contribution in [3.05, 3.63) is 0 Å². The molecule has 0 aromatic heterocycles. The molecule has 0 aliphatic heterocycles. The molecule has 0 heterocycles. The molecule has 0 aliphatic rings. The van der Waals surface area contributed by atoms with Crippen LogP contribution >= 0.6 is 0 Å². The van der Waals surface area contributed by atoms with Crippen LogP contribution in [0.15, 0.2) is 0 Å². The number of amides is 1. The first-order valence-corrected chi connectivity index (χ1v) is 11.9. The van der Waals surface area contributed by atoms with Crippen molar-refractivity contribution in [2.24, 2.45) is 0 Å². The van der Waals surface area contributed by atoms with E-state index in [1.165, 1.54) is 45.4 Å². The van der Waals surface area contributed by atoms with E-state index in [0.717, 1.165) is 19.3 Å². The Morgan fingerprint density at radius 3 is 1.74 bits per heavy atom. The van der Waals surface area contributed by atoms with Crippen LogP contribution in [0.25, 0.3) is 0 Å². The van der Waals surface area contributed by atoms with E-state index in [2.05, 4.69) is 12.2 Å². The van der Waals surface area contributed by atoms with Gasteiger partial charge in [0, 0.05) is 13.3 Å². The summed E-state index contributed by atoms with van der Waals surface area (Å²) in [6, 6.07) is -0.383. The Kier molecular flexibility index (Phi) is 12.4. The third kappa shape index (κ3) is 7.48. The highest BCUT2D eigenvalue weighted by molar-refractivity contribution is 6.00. The molecule has 0 bridgehead atoms. The number of unbranched alkanes of at least 4 members (excludes halogenated alkanes) is 8. The molecule has 31 heavy (non-hydrogen) atoms. The van der Waals surface area contributed by atoms with Crippen molar-refractivity contribution in [3.63, 3.8) is 0 Å². The minimum Gasteiger partial charge on any atom is -0.543 e. The Morgan fingerprint density at radius 1 is 0.903 bits per heavy atom. The molecule has 0 rings (SSSR count). The zero-order valence-electron chi connectivity index (χ0n) is 20.9. The lowest BCUT2D eigenvalue weighted by Crippen LogP contribution is -2.79. The van der Waals surface area contributed by atoms with Gasteiger partial charge in [0.1, 0.15) is 11.5 Å². The number of nitrogens with one attached hydrogen (secondary N) is 1. The fraction of sp³-hybridized carbons (Fsp3) is 0.875. The molecule has 0 radical (unpaired) electrons. The molecule has 0 spiro atoms. The van der Waals surface area contributed by atoms with E-state index >= 15 is 0 Å². The number of carbonyl (C=O) groups excluding carboxylic acids is 2. The van der Waals surface area contributed by atoms with E-state index in [9.17, 15) is 24.6 Å². The minimum atomic E-state index is -2.15. The number of quaternary nitrogens is 1. The molecule has 0 aliphatic carbocycles. The maximum atomic E-state index is 12.5. The number of carboxylic acids is 2. The Labute approximate surface area is 189 Å². The molecule has 2 atom stereocenters. The summed E-state index contributed by atoms with van der Waals surface area (Å²) < 4.78 is -0.367. The maximum Gasteiger partial charge on any atom is 0.371 e. The predicted molar refractivity (Wildman–Crippen MR) is 121 cm³/mol. The Morgan fingerprint density at radius 2 is 1.35 bits per heavy atom. The van der Waals surface area contributed by atoms with Gasteiger partial charge in [0.2, 0.25) is 11.4 Å². The molecule has 0 aromatic rings. The average Bonchev–Trinajstić information content (AvgIpc) is 2.69. The molecule has 2 N–H and O–H groups in total. The second-order valence-corrected chi connectivity index (χ2v) is 9.88. The molecule has 0 fully saturated rings. The first-order chi connectivity index (χ1) is 14.3. The van der Waals surface area contributed by atoms with Crippen molar-refractivity contribution in [1.29, 1.82) is 0 Å². The van der Waals surface area contributed by atoms with E-state index in [1.807, 2.05) is 6.92 Å². The van der Waals surface area contributed by atoms with E-state index < -0.39 is 23.0 Å². The highest BCUT2D eigenvalue weighted by atomic mass is 16.4. The SMILES string of the molecule is CCCCCCCCCCCC(=O)NC(CC)C(C)(C)[N+](C)(C)C(C)(C(=O)[O-])C(=O)O. The van der Waals surface area contributed by atoms with Crippen molar-refractivity contribution >= 4 is 17.8 Å². The number of carboxylic acid groups (broad SMARTS) is 2. The summed E-state index contributed by atoms with van der Waals surface area (Å²) >= 11 is 0. The Balaban J connectivity index is 4.84. The van der Waals surface area contributed by atoms with Gasteiger partial charge in [-0.1, -0.05) is 65.2 Å². The third-order valence-electron chi connectivity index (χ3n) is 7.48. The van der Waals surface area contributed by atoms with Crippen LogP contribution in [0.1, 0.15) is 105 Å². The van der Waals surface area contributed by atoms with Gasteiger partial charge in [-0.3, -0.25) is 4.79 Å². The van der Waals surface area contributed by atoms with Gasteiger partial charge in [-0.25, -0.2) is 4.79 Å². The van der Waals surface area contributed by atoms with Crippen LogP contribution in [0, 0.1) is 0 Å². The Hall–Kier alpha value is -1.63. The summed E-state index contributed by atoms with van der Waals surface area (Å²) in [6.07, 6.45) is 11.6. The second kappa shape index (κ2) is 13.0. The molecule has 0 saturated heterocycles. The largest absolute Gasteiger partial charge is 0.543 e. The molecule has 0 saturated carbocycles. The average molecular weight is 443 g/mol. The van der Waals surface area contributed by atoms with E-state index in [0.29, 0.717) is 12.8 Å². The summed E-state index contributed by atoms with van der Waals surface area (Å²) in [5.41, 5.74) is -3.02. The van der Waals surface area contributed by atoms with Gasteiger partial charge in [-0.2, -0.15) is 0 Å². The zero-order chi connectivity index (χ0) is 24.3. The summed E-state index contributed by atoms with van der Waals surface area (Å²) in [4.78, 5) is 36.2. The van der Waals surface area contributed by atoms with Crippen LogP contribution in [0.3, 0.4) is 0 Å². The topological polar surface area (TPSA) is 107 Å². The fourth-order valence-corrected chi connectivity index (χ4v) is 4.16. The smallest absolute Gasteiger partial charge is 0.371 e. The summed E-state index contributed by atoms with van der Waals surface area (Å²) in [7, 11) is 3.14. The van der Waals surface area contributed by atoms with Crippen molar-refractivity contribution in [3.8, 4) is 0 Å². The number of likely N-dealkylation sites (N-methyl/N-ethyl adjacent to an activating group) is 1. The monoisotopic (exact) mass is 442 g/mol. The first kappa shape index (κ1) is 29.4. The van der Waals surface area contributed by atoms with Crippen LogP contribution in [0.5, 0.6) is 0 Å². The first-order valence-electron chi connectivity index (χ1n) is 11.9. The Bertz CT molecular complexity index is 573. The number of nitrogens with zero attached hydrogens (tertiary/aromatic N) is 1. The summed E-state index contributed by atoms with van der Waals surface area (Å²) in [6.45, 7) is 8.88. The molecular weight excluding hydrogens is 396 g/mol. The number of rotatable bonds is 17. The molecule has 182 valence electrons.